The van der Waals surface area contributed by atoms with Gasteiger partial charge in [-0.05, 0) is 80.9 Å². The molecule has 1 atom stereocenters. The zero-order chi connectivity index (χ0) is 41.9. The molecule has 0 saturated heterocycles. The van der Waals surface area contributed by atoms with Crippen molar-refractivity contribution in [2.24, 2.45) is 0 Å². The van der Waals surface area contributed by atoms with Crippen LogP contribution in [0.4, 0.5) is 0 Å². The number of hydrogen-bond acceptors (Lipinski definition) is 2. The molecule has 63 heavy (non-hydrogen) atoms. The Bertz CT molecular complexity index is 3440. The van der Waals surface area contributed by atoms with Gasteiger partial charge in [0.1, 0.15) is 0 Å². The summed E-state index contributed by atoms with van der Waals surface area (Å²) < 4.78 is 18.2. The lowest BCUT2D eigenvalue weighted by molar-refractivity contribution is 0.593. The van der Waals surface area contributed by atoms with Crippen molar-refractivity contribution in [1.82, 2.24) is 9.55 Å². The van der Waals surface area contributed by atoms with E-state index in [2.05, 4.69) is 199 Å². The lowest BCUT2D eigenvalue weighted by atomic mass is 9.97. The van der Waals surface area contributed by atoms with Gasteiger partial charge in [0, 0.05) is 43.5 Å². The molecule has 0 amide bonds. The first-order valence-electron chi connectivity index (χ1n) is 21.4. The topological polar surface area (TPSA) is 34.9 Å². The van der Waals surface area contributed by atoms with Crippen LogP contribution in [0, 0.1) is 0 Å². The van der Waals surface area contributed by atoms with E-state index in [0.717, 1.165) is 88.2 Å². The van der Waals surface area contributed by atoms with E-state index in [-0.39, 0.29) is 0 Å². The van der Waals surface area contributed by atoms with Crippen LogP contribution in [0.3, 0.4) is 0 Å². The lowest BCUT2D eigenvalue weighted by Crippen LogP contribution is -2.21. The van der Waals surface area contributed by atoms with E-state index in [9.17, 15) is 0 Å². The minimum atomic E-state index is -3.20. The summed E-state index contributed by atoms with van der Waals surface area (Å²) >= 11 is 0. The second kappa shape index (κ2) is 15.0. The summed E-state index contributed by atoms with van der Waals surface area (Å²) in [6.07, 6.45) is 0. The highest BCUT2D eigenvalue weighted by Crippen LogP contribution is 2.55. The molecular weight excluding hydrogens is 784 g/mol. The standard InChI is InChI=1S/C59H39N2OP/c62-63(49-18-8-3-9-19-49)57-23-13-11-20-50(57)51-36-37-56-58(59(51)63)52-21-10-12-22-55(52)61(56)48-34-32-46(33-35-48)54-39-47(44-26-24-42(25-27-44)40-14-4-1-5-15-40)38-53(60-54)45-30-28-43(29-31-45)41-16-6-2-7-17-41/h1-39H. The van der Waals surface area contributed by atoms with Crippen LogP contribution in [0.1, 0.15) is 0 Å². The maximum atomic E-state index is 15.9. The first kappa shape index (κ1) is 37.0. The van der Waals surface area contributed by atoms with Crippen LogP contribution in [-0.4, -0.2) is 9.55 Å². The third-order valence-electron chi connectivity index (χ3n) is 12.6. The number of benzene rings is 9. The molecule has 1 aliphatic rings. The van der Waals surface area contributed by atoms with Gasteiger partial charge in [0.05, 0.1) is 22.4 Å². The minimum Gasteiger partial charge on any atom is -0.309 e. The Labute approximate surface area is 366 Å². The molecule has 12 rings (SSSR count). The summed E-state index contributed by atoms with van der Waals surface area (Å²) in [6, 6.07) is 82.9. The molecule has 0 fully saturated rings. The summed E-state index contributed by atoms with van der Waals surface area (Å²) in [4.78, 5) is 5.33. The van der Waals surface area contributed by atoms with Gasteiger partial charge in [0.2, 0.25) is 0 Å². The van der Waals surface area contributed by atoms with Gasteiger partial charge in [0.25, 0.3) is 0 Å². The van der Waals surface area contributed by atoms with Gasteiger partial charge in [-0.15, -0.1) is 0 Å². The maximum Gasteiger partial charge on any atom is 0.172 e. The maximum absolute atomic E-state index is 15.9. The molecule has 0 spiro atoms. The molecule has 2 aromatic heterocycles. The number of fused-ring (bicyclic) bond motifs is 7. The van der Waals surface area contributed by atoms with E-state index in [4.69, 9.17) is 4.98 Å². The van der Waals surface area contributed by atoms with Crippen molar-refractivity contribution >= 4 is 44.9 Å². The number of para-hydroxylation sites is 1. The van der Waals surface area contributed by atoms with Crippen LogP contribution in [0.2, 0.25) is 0 Å². The van der Waals surface area contributed by atoms with Crippen LogP contribution in [0.5, 0.6) is 0 Å². The van der Waals surface area contributed by atoms with E-state index in [0.29, 0.717) is 0 Å². The quantitative estimate of drug-likeness (QED) is 0.150. The average Bonchev–Trinajstić information content (AvgIpc) is 3.84. The Hall–Kier alpha value is -7.84. The predicted molar refractivity (Wildman–Crippen MR) is 264 cm³/mol. The molecule has 0 radical (unpaired) electrons. The predicted octanol–water partition coefficient (Wildman–Crippen LogP) is 14.1. The van der Waals surface area contributed by atoms with Crippen LogP contribution in [-0.2, 0) is 4.57 Å². The normalized spacial score (nSPS) is 14.2. The summed E-state index contributed by atoms with van der Waals surface area (Å²) in [6.45, 7) is 0. The van der Waals surface area contributed by atoms with Crippen molar-refractivity contribution < 1.29 is 4.57 Å². The van der Waals surface area contributed by atoms with E-state index < -0.39 is 7.14 Å². The third kappa shape index (κ3) is 6.12. The highest BCUT2D eigenvalue weighted by Gasteiger charge is 2.42. The Morgan fingerprint density at radius 3 is 1.46 bits per heavy atom. The Morgan fingerprint density at radius 2 is 0.841 bits per heavy atom. The Morgan fingerprint density at radius 1 is 0.365 bits per heavy atom. The van der Waals surface area contributed by atoms with E-state index in [1.54, 1.807) is 0 Å². The minimum absolute atomic E-state index is 0.859. The highest BCUT2D eigenvalue weighted by atomic mass is 31.2. The van der Waals surface area contributed by atoms with Gasteiger partial charge in [-0.2, -0.15) is 0 Å². The lowest BCUT2D eigenvalue weighted by Gasteiger charge is -2.17. The van der Waals surface area contributed by atoms with Gasteiger partial charge < -0.3 is 9.13 Å². The summed E-state index contributed by atoms with van der Waals surface area (Å²) in [5.74, 6) is 0. The Kier molecular flexibility index (Phi) is 8.78. The van der Waals surface area contributed by atoms with E-state index in [1.807, 2.05) is 42.5 Å². The fraction of sp³-hybridized carbons (Fsp3) is 0. The first-order chi connectivity index (χ1) is 31.1. The van der Waals surface area contributed by atoms with Crippen molar-refractivity contribution in [3.05, 3.63) is 237 Å². The van der Waals surface area contributed by atoms with Crippen LogP contribution >= 0.6 is 7.14 Å². The summed E-state index contributed by atoms with van der Waals surface area (Å²) in [7, 11) is -3.20. The van der Waals surface area contributed by atoms with Gasteiger partial charge in [-0.25, -0.2) is 4.98 Å². The second-order valence-electron chi connectivity index (χ2n) is 16.2. The van der Waals surface area contributed by atoms with Crippen LogP contribution in [0.15, 0.2) is 237 Å². The van der Waals surface area contributed by atoms with Crippen molar-refractivity contribution in [3.63, 3.8) is 0 Å². The zero-order valence-electron chi connectivity index (χ0n) is 34.3. The van der Waals surface area contributed by atoms with E-state index >= 15 is 4.57 Å². The smallest absolute Gasteiger partial charge is 0.172 e. The van der Waals surface area contributed by atoms with Gasteiger partial charge in [0.15, 0.2) is 7.14 Å². The molecule has 3 nitrogen and oxygen atoms in total. The SMILES string of the molecule is O=P1(c2ccccc2)c2ccccc2-c2ccc3c(c21)c1ccccc1n3-c1ccc(-c2cc(-c3ccc(-c4ccccc4)cc3)cc(-c3ccc(-c4ccccc4)cc3)n2)cc1. The molecule has 3 heterocycles. The first-order valence-corrected chi connectivity index (χ1v) is 23.1. The molecule has 9 aromatic carbocycles. The molecule has 0 aliphatic carbocycles. The number of hydrogen-bond donors (Lipinski definition) is 0. The fourth-order valence-electron chi connectivity index (χ4n) is 9.59. The number of nitrogens with zero attached hydrogens (tertiary/aromatic N) is 2. The van der Waals surface area contributed by atoms with Crippen LogP contribution in [0.25, 0.3) is 94.5 Å². The highest BCUT2D eigenvalue weighted by molar-refractivity contribution is 7.86. The molecule has 4 heteroatoms. The van der Waals surface area contributed by atoms with Crippen molar-refractivity contribution in [3.8, 4) is 72.7 Å². The molecule has 0 bridgehead atoms. The zero-order valence-corrected chi connectivity index (χ0v) is 35.2. The average molecular weight is 823 g/mol. The van der Waals surface area contributed by atoms with Crippen molar-refractivity contribution in [2.45, 2.75) is 0 Å². The number of aromatic nitrogens is 2. The Balaban J connectivity index is 0.985. The third-order valence-corrected chi connectivity index (χ3v) is 15.8. The number of rotatable bonds is 7. The molecule has 0 N–H and O–H groups in total. The van der Waals surface area contributed by atoms with Gasteiger partial charge in [-0.3, -0.25) is 0 Å². The molecule has 0 saturated carbocycles. The van der Waals surface area contributed by atoms with Crippen molar-refractivity contribution in [1.29, 1.82) is 0 Å². The van der Waals surface area contributed by atoms with Crippen molar-refractivity contribution in [2.75, 3.05) is 0 Å². The monoisotopic (exact) mass is 822 g/mol. The number of pyridine rings is 1. The second-order valence-corrected chi connectivity index (χ2v) is 18.9. The summed E-state index contributed by atoms with van der Waals surface area (Å²) in [5, 5.41) is 4.84. The molecule has 1 aliphatic heterocycles. The molecule has 296 valence electrons. The molecule has 11 aromatic rings. The molecular formula is C59H39N2OP. The fourth-order valence-corrected chi connectivity index (χ4v) is 12.9. The van der Waals surface area contributed by atoms with E-state index in [1.165, 1.54) is 22.3 Å². The van der Waals surface area contributed by atoms with Gasteiger partial charge >= 0.3 is 0 Å². The summed E-state index contributed by atoms with van der Waals surface area (Å²) in [5.41, 5.74) is 16.1. The molecule has 1 unspecified atom stereocenters. The largest absolute Gasteiger partial charge is 0.309 e. The van der Waals surface area contributed by atoms with Crippen LogP contribution < -0.4 is 15.9 Å². The van der Waals surface area contributed by atoms with Gasteiger partial charge in [-0.1, -0.05) is 200 Å².